The summed E-state index contributed by atoms with van der Waals surface area (Å²) in [6.45, 7) is 3.22. The van der Waals surface area contributed by atoms with Crippen LogP contribution in [0.15, 0.2) is 18.2 Å². The van der Waals surface area contributed by atoms with Crippen LogP contribution >= 0.6 is 0 Å². The minimum Gasteiger partial charge on any atom is -0.508 e. The molecule has 1 aliphatic carbocycles. The molecule has 1 aromatic rings. The lowest BCUT2D eigenvalue weighted by atomic mass is 10.1. The standard InChI is InChI=1S/C14H22N2O/c1-10(16(2)3)9-15-14-7-4-11-8-12(17)5-6-13(11)14/h5-6,8,10,14-15,17H,4,7,9H2,1-3H3. The van der Waals surface area contributed by atoms with E-state index in [0.717, 1.165) is 19.4 Å². The van der Waals surface area contributed by atoms with Crippen molar-refractivity contribution in [2.24, 2.45) is 0 Å². The van der Waals surface area contributed by atoms with E-state index < -0.39 is 0 Å². The van der Waals surface area contributed by atoms with E-state index in [2.05, 4.69) is 37.3 Å². The highest BCUT2D eigenvalue weighted by Crippen LogP contribution is 2.33. The van der Waals surface area contributed by atoms with Crippen LogP contribution in [0.25, 0.3) is 0 Å². The third kappa shape index (κ3) is 2.79. The van der Waals surface area contributed by atoms with E-state index >= 15 is 0 Å². The highest BCUT2D eigenvalue weighted by atomic mass is 16.3. The van der Waals surface area contributed by atoms with Crippen LogP contribution in [0, 0.1) is 0 Å². The first-order valence-electron chi connectivity index (χ1n) is 6.29. The largest absolute Gasteiger partial charge is 0.508 e. The molecule has 0 saturated carbocycles. The van der Waals surface area contributed by atoms with E-state index in [-0.39, 0.29) is 0 Å². The SMILES string of the molecule is CC(CNC1CCc2cc(O)ccc21)N(C)C. The quantitative estimate of drug-likeness (QED) is 0.835. The molecule has 0 fully saturated rings. The number of hydrogen-bond acceptors (Lipinski definition) is 3. The molecule has 2 rings (SSSR count). The molecule has 1 aromatic carbocycles. The Hall–Kier alpha value is -1.06. The Kier molecular flexibility index (Phi) is 3.69. The van der Waals surface area contributed by atoms with Gasteiger partial charge in [0.15, 0.2) is 0 Å². The van der Waals surface area contributed by atoms with Gasteiger partial charge in [0.1, 0.15) is 5.75 Å². The number of hydrogen-bond donors (Lipinski definition) is 2. The predicted octanol–water partition coefficient (Wildman–Crippen LogP) is 1.92. The molecule has 0 saturated heterocycles. The number of aryl methyl sites for hydroxylation is 1. The van der Waals surface area contributed by atoms with Crippen molar-refractivity contribution in [2.45, 2.75) is 31.8 Å². The Morgan fingerprint density at radius 3 is 2.94 bits per heavy atom. The van der Waals surface area contributed by atoms with Crippen LogP contribution in [0.4, 0.5) is 0 Å². The second kappa shape index (κ2) is 5.07. The van der Waals surface area contributed by atoms with Crippen LogP contribution in [-0.4, -0.2) is 36.7 Å². The normalized spacial score (nSPS) is 20.6. The van der Waals surface area contributed by atoms with Crippen molar-refractivity contribution in [1.29, 1.82) is 0 Å². The molecule has 2 atom stereocenters. The van der Waals surface area contributed by atoms with Crippen molar-refractivity contribution in [1.82, 2.24) is 10.2 Å². The highest BCUT2D eigenvalue weighted by Gasteiger charge is 2.22. The number of fused-ring (bicyclic) bond motifs is 1. The Bertz CT molecular complexity index is 390. The Morgan fingerprint density at radius 2 is 2.24 bits per heavy atom. The molecule has 94 valence electrons. The minimum atomic E-state index is 0.381. The Labute approximate surface area is 103 Å². The second-order valence-corrected chi connectivity index (χ2v) is 5.20. The number of phenols is 1. The van der Waals surface area contributed by atoms with E-state index in [1.165, 1.54) is 11.1 Å². The van der Waals surface area contributed by atoms with Gasteiger partial charge in [-0.15, -0.1) is 0 Å². The number of nitrogens with zero attached hydrogens (tertiary/aromatic N) is 1. The van der Waals surface area contributed by atoms with Crippen LogP contribution in [0.2, 0.25) is 0 Å². The maximum absolute atomic E-state index is 9.45. The molecular formula is C14H22N2O. The fourth-order valence-corrected chi connectivity index (χ4v) is 2.31. The van der Waals surface area contributed by atoms with E-state index in [1.54, 1.807) is 6.07 Å². The van der Waals surface area contributed by atoms with Gasteiger partial charge in [0.05, 0.1) is 0 Å². The summed E-state index contributed by atoms with van der Waals surface area (Å²) in [5.41, 5.74) is 2.65. The minimum absolute atomic E-state index is 0.381. The lowest BCUT2D eigenvalue weighted by Crippen LogP contribution is -2.36. The molecule has 3 heteroatoms. The summed E-state index contributed by atoms with van der Waals surface area (Å²) in [5.74, 6) is 0.381. The summed E-state index contributed by atoms with van der Waals surface area (Å²) < 4.78 is 0. The first kappa shape index (κ1) is 12.4. The Morgan fingerprint density at radius 1 is 1.47 bits per heavy atom. The highest BCUT2D eigenvalue weighted by molar-refractivity contribution is 5.40. The Balaban J connectivity index is 1.98. The number of nitrogens with one attached hydrogen (secondary N) is 1. The fraction of sp³-hybridized carbons (Fsp3) is 0.571. The molecular weight excluding hydrogens is 212 g/mol. The summed E-state index contributed by atoms with van der Waals surface area (Å²) in [5, 5.41) is 13.1. The maximum Gasteiger partial charge on any atom is 0.115 e. The van der Waals surface area contributed by atoms with Crippen molar-refractivity contribution < 1.29 is 5.11 Å². The van der Waals surface area contributed by atoms with Crippen LogP contribution < -0.4 is 5.32 Å². The molecule has 1 aliphatic rings. The monoisotopic (exact) mass is 234 g/mol. The van der Waals surface area contributed by atoms with Crippen LogP contribution in [0.3, 0.4) is 0 Å². The van der Waals surface area contributed by atoms with Crippen molar-refractivity contribution in [3.8, 4) is 5.75 Å². The van der Waals surface area contributed by atoms with Crippen molar-refractivity contribution in [3.05, 3.63) is 29.3 Å². The van der Waals surface area contributed by atoms with Gasteiger partial charge in [-0.3, -0.25) is 0 Å². The number of benzene rings is 1. The molecule has 0 aromatic heterocycles. The zero-order valence-electron chi connectivity index (χ0n) is 10.9. The summed E-state index contributed by atoms with van der Waals surface area (Å²) in [7, 11) is 4.21. The average molecular weight is 234 g/mol. The zero-order valence-corrected chi connectivity index (χ0v) is 10.9. The van der Waals surface area contributed by atoms with Crippen LogP contribution in [0.5, 0.6) is 5.75 Å². The van der Waals surface area contributed by atoms with E-state index in [0.29, 0.717) is 17.8 Å². The second-order valence-electron chi connectivity index (χ2n) is 5.20. The van der Waals surface area contributed by atoms with E-state index in [9.17, 15) is 5.11 Å². The molecule has 0 radical (unpaired) electrons. The van der Waals surface area contributed by atoms with Crippen LogP contribution in [-0.2, 0) is 6.42 Å². The first-order chi connectivity index (χ1) is 8.08. The number of aromatic hydroxyl groups is 1. The van der Waals surface area contributed by atoms with Gasteiger partial charge in [0.2, 0.25) is 0 Å². The maximum atomic E-state index is 9.45. The van der Waals surface area contributed by atoms with Gasteiger partial charge in [0.25, 0.3) is 0 Å². The molecule has 0 spiro atoms. The van der Waals surface area contributed by atoms with Gasteiger partial charge in [0, 0.05) is 18.6 Å². The lowest BCUT2D eigenvalue weighted by molar-refractivity contribution is 0.293. The van der Waals surface area contributed by atoms with Crippen molar-refractivity contribution in [2.75, 3.05) is 20.6 Å². The predicted molar refractivity (Wildman–Crippen MR) is 70.3 cm³/mol. The molecule has 2 unspecified atom stereocenters. The molecule has 3 nitrogen and oxygen atoms in total. The molecule has 2 N–H and O–H groups in total. The molecule has 0 amide bonds. The molecule has 0 heterocycles. The van der Waals surface area contributed by atoms with Gasteiger partial charge in [-0.2, -0.15) is 0 Å². The number of phenolic OH excluding ortho intramolecular Hbond substituents is 1. The zero-order chi connectivity index (χ0) is 12.4. The summed E-state index contributed by atoms with van der Waals surface area (Å²) >= 11 is 0. The lowest BCUT2D eigenvalue weighted by Gasteiger charge is -2.23. The third-order valence-electron chi connectivity index (χ3n) is 3.75. The van der Waals surface area contributed by atoms with Gasteiger partial charge in [-0.1, -0.05) is 6.07 Å². The van der Waals surface area contributed by atoms with Gasteiger partial charge >= 0.3 is 0 Å². The molecule has 0 aliphatic heterocycles. The first-order valence-corrected chi connectivity index (χ1v) is 6.29. The third-order valence-corrected chi connectivity index (χ3v) is 3.75. The smallest absolute Gasteiger partial charge is 0.115 e. The molecule has 0 bridgehead atoms. The van der Waals surface area contributed by atoms with E-state index in [1.807, 2.05) is 6.07 Å². The van der Waals surface area contributed by atoms with Crippen molar-refractivity contribution in [3.63, 3.8) is 0 Å². The fourth-order valence-electron chi connectivity index (χ4n) is 2.31. The summed E-state index contributed by atoms with van der Waals surface area (Å²) in [4.78, 5) is 2.22. The number of likely N-dealkylation sites (N-methyl/N-ethyl adjacent to an activating group) is 1. The van der Waals surface area contributed by atoms with Gasteiger partial charge in [-0.05, 0) is 57.1 Å². The summed E-state index contributed by atoms with van der Waals surface area (Å²) in [6, 6.07) is 6.72. The van der Waals surface area contributed by atoms with E-state index in [4.69, 9.17) is 0 Å². The van der Waals surface area contributed by atoms with Crippen molar-refractivity contribution >= 4 is 0 Å². The van der Waals surface area contributed by atoms with Crippen LogP contribution in [0.1, 0.15) is 30.5 Å². The average Bonchev–Trinajstić information content (AvgIpc) is 2.67. The molecule has 17 heavy (non-hydrogen) atoms. The summed E-state index contributed by atoms with van der Waals surface area (Å²) in [6.07, 6.45) is 2.21. The number of rotatable bonds is 4. The van der Waals surface area contributed by atoms with Gasteiger partial charge < -0.3 is 15.3 Å². The topological polar surface area (TPSA) is 35.5 Å². The van der Waals surface area contributed by atoms with Gasteiger partial charge in [-0.25, -0.2) is 0 Å².